The Morgan fingerprint density at radius 3 is 2.41 bits per heavy atom. The zero-order chi connectivity index (χ0) is 12.7. The van der Waals surface area contributed by atoms with Crippen molar-refractivity contribution >= 4 is 5.97 Å². The third-order valence-corrected chi connectivity index (χ3v) is 1.97. The average Bonchev–Trinajstić information content (AvgIpc) is 2.27. The fourth-order valence-electron chi connectivity index (χ4n) is 1.29. The van der Waals surface area contributed by atoms with E-state index in [9.17, 15) is 4.79 Å². The van der Waals surface area contributed by atoms with Gasteiger partial charge < -0.3 is 14.6 Å². The number of carboxylic acids is 1. The summed E-state index contributed by atoms with van der Waals surface area (Å²) in [4.78, 5) is 10.4. The molecule has 0 aliphatic heterocycles. The van der Waals surface area contributed by atoms with Crippen LogP contribution >= 0.6 is 0 Å². The van der Waals surface area contributed by atoms with Crippen molar-refractivity contribution in [3.63, 3.8) is 0 Å². The van der Waals surface area contributed by atoms with Crippen molar-refractivity contribution in [2.75, 3.05) is 13.2 Å². The summed E-state index contributed by atoms with van der Waals surface area (Å²) in [6, 6.07) is 7.31. The molecule has 0 aromatic heterocycles. The summed E-state index contributed by atoms with van der Waals surface area (Å²) in [6.45, 7) is 4.39. The molecule has 0 aliphatic rings. The van der Waals surface area contributed by atoms with Crippen LogP contribution in [-0.4, -0.2) is 24.3 Å². The lowest BCUT2D eigenvalue weighted by Gasteiger charge is -2.11. The van der Waals surface area contributed by atoms with Gasteiger partial charge in [0.2, 0.25) is 0 Å². The van der Waals surface area contributed by atoms with Crippen LogP contribution in [0, 0.1) is 0 Å². The van der Waals surface area contributed by atoms with Crippen LogP contribution in [0.4, 0.5) is 0 Å². The van der Waals surface area contributed by atoms with Crippen LogP contribution in [0.25, 0.3) is 0 Å². The van der Waals surface area contributed by atoms with Gasteiger partial charge >= 0.3 is 5.97 Å². The molecule has 0 amide bonds. The number of ether oxygens (including phenoxy) is 2. The summed E-state index contributed by atoms with van der Waals surface area (Å²) in [7, 11) is 0. The van der Waals surface area contributed by atoms with Crippen molar-refractivity contribution in [2.24, 2.45) is 0 Å². The Bertz CT molecular complexity index is 410. The molecule has 0 heterocycles. The Morgan fingerprint density at radius 2 is 1.88 bits per heavy atom. The highest BCUT2D eigenvalue weighted by molar-refractivity contribution is 5.80. The molecule has 0 bridgehead atoms. The highest BCUT2D eigenvalue weighted by Crippen LogP contribution is 2.26. The number of benzene rings is 1. The standard InChI is InChI=1S/C13H16O4/c1-3-16-11-6-4-5-7-12(11)17-9-10(2)8-13(14)15/h4-8H,3,9H2,1-2H3,(H,14,15). The Kier molecular flexibility index (Phi) is 5.07. The molecule has 4 heteroatoms. The molecule has 1 N–H and O–H groups in total. The van der Waals surface area contributed by atoms with Crippen LogP contribution in [-0.2, 0) is 4.79 Å². The van der Waals surface area contributed by atoms with Crippen LogP contribution in [0.15, 0.2) is 35.9 Å². The van der Waals surface area contributed by atoms with Gasteiger partial charge in [-0.15, -0.1) is 0 Å². The van der Waals surface area contributed by atoms with Crippen LogP contribution in [0.2, 0.25) is 0 Å². The summed E-state index contributed by atoms with van der Waals surface area (Å²) >= 11 is 0. The molecule has 0 saturated carbocycles. The average molecular weight is 236 g/mol. The molecule has 1 rings (SSSR count). The van der Waals surface area contributed by atoms with Gasteiger partial charge in [0.1, 0.15) is 6.61 Å². The van der Waals surface area contributed by atoms with Crippen LogP contribution in [0.3, 0.4) is 0 Å². The molecule has 0 spiro atoms. The minimum Gasteiger partial charge on any atom is -0.490 e. The first-order valence-corrected chi connectivity index (χ1v) is 5.38. The minimum absolute atomic E-state index is 0.233. The molecule has 0 radical (unpaired) electrons. The van der Waals surface area contributed by atoms with Crippen LogP contribution in [0.1, 0.15) is 13.8 Å². The van der Waals surface area contributed by atoms with Gasteiger partial charge in [0.15, 0.2) is 11.5 Å². The Hall–Kier alpha value is -1.97. The number of carboxylic acid groups (broad SMARTS) is 1. The molecular formula is C13H16O4. The number of hydrogen-bond acceptors (Lipinski definition) is 3. The number of rotatable bonds is 6. The summed E-state index contributed by atoms with van der Waals surface area (Å²) in [6.07, 6.45) is 1.13. The fourth-order valence-corrected chi connectivity index (χ4v) is 1.29. The molecular weight excluding hydrogens is 220 g/mol. The van der Waals surface area contributed by atoms with E-state index in [0.29, 0.717) is 23.7 Å². The monoisotopic (exact) mass is 236 g/mol. The zero-order valence-electron chi connectivity index (χ0n) is 9.97. The number of carbonyl (C=O) groups is 1. The van der Waals surface area contributed by atoms with Gasteiger partial charge in [-0.2, -0.15) is 0 Å². The predicted molar refractivity (Wildman–Crippen MR) is 64.5 cm³/mol. The predicted octanol–water partition coefficient (Wildman–Crippen LogP) is 2.50. The van der Waals surface area contributed by atoms with Gasteiger partial charge in [0.05, 0.1) is 6.61 Å². The van der Waals surface area contributed by atoms with Crippen molar-refractivity contribution in [3.8, 4) is 11.5 Å². The van der Waals surface area contributed by atoms with E-state index in [2.05, 4.69) is 0 Å². The van der Waals surface area contributed by atoms with Crippen LogP contribution in [0.5, 0.6) is 11.5 Å². The minimum atomic E-state index is -0.968. The summed E-state index contributed by atoms with van der Waals surface area (Å²) in [5.74, 6) is 0.315. The van der Waals surface area contributed by atoms with E-state index in [0.717, 1.165) is 6.08 Å². The lowest BCUT2D eigenvalue weighted by atomic mass is 10.3. The van der Waals surface area contributed by atoms with Gasteiger partial charge in [-0.25, -0.2) is 4.79 Å². The maximum atomic E-state index is 10.4. The number of hydrogen-bond donors (Lipinski definition) is 1. The first-order chi connectivity index (χ1) is 8.13. The Labute approximate surface area is 100 Å². The largest absolute Gasteiger partial charge is 0.490 e. The van der Waals surface area contributed by atoms with E-state index in [1.165, 1.54) is 0 Å². The third-order valence-electron chi connectivity index (χ3n) is 1.97. The lowest BCUT2D eigenvalue weighted by Crippen LogP contribution is -2.03. The van der Waals surface area contributed by atoms with Crippen molar-refractivity contribution < 1.29 is 19.4 Å². The molecule has 1 aromatic carbocycles. The van der Waals surface area contributed by atoms with Gasteiger partial charge in [-0.1, -0.05) is 12.1 Å². The normalized spacial score (nSPS) is 11.1. The van der Waals surface area contributed by atoms with E-state index in [-0.39, 0.29) is 6.61 Å². The fraction of sp³-hybridized carbons (Fsp3) is 0.308. The SMILES string of the molecule is CCOc1ccccc1OCC(C)=CC(=O)O. The van der Waals surface area contributed by atoms with E-state index in [1.807, 2.05) is 25.1 Å². The first-order valence-electron chi connectivity index (χ1n) is 5.38. The second-order valence-corrected chi connectivity index (χ2v) is 3.50. The van der Waals surface area contributed by atoms with E-state index in [4.69, 9.17) is 14.6 Å². The summed E-state index contributed by atoms with van der Waals surface area (Å²) in [5, 5.41) is 8.56. The second kappa shape index (κ2) is 6.58. The van der Waals surface area contributed by atoms with E-state index in [1.54, 1.807) is 13.0 Å². The summed E-state index contributed by atoms with van der Waals surface area (Å²) < 4.78 is 10.9. The van der Waals surface area contributed by atoms with E-state index < -0.39 is 5.97 Å². The van der Waals surface area contributed by atoms with Gasteiger partial charge in [0, 0.05) is 6.08 Å². The van der Waals surface area contributed by atoms with Crippen LogP contribution < -0.4 is 9.47 Å². The topological polar surface area (TPSA) is 55.8 Å². The molecule has 92 valence electrons. The third kappa shape index (κ3) is 4.59. The zero-order valence-corrected chi connectivity index (χ0v) is 9.97. The van der Waals surface area contributed by atoms with E-state index >= 15 is 0 Å². The molecule has 0 fully saturated rings. The smallest absolute Gasteiger partial charge is 0.328 e. The first kappa shape index (κ1) is 13.1. The molecule has 17 heavy (non-hydrogen) atoms. The van der Waals surface area contributed by atoms with Gasteiger partial charge in [-0.3, -0.25) is 0 Å². The lowest BCUT2D eigenvalue weighted by molar-refractivity contribution is -0.131. The molecule has 4 nitrogen and oxygen atoms in total. The Morgan fingerprint density at radius 1 is 1.29 bits per heavy atom. The molecule has 0 atom stereocenters. The Balaban J connectivity index is 2.65. The van der Waals surface area contributed by atoms with Crippen molar-refractivity contribution in [3.05, 3.63) is 35.9 Å². The van der Waals surface area contributed by atoms with Crippen molar-refractivity contribution in [2.45, 2.75) is 13.8 Å². The molecule has 1 aromatic rings. The molecule has 0 unspecified atom stereocenters. The number of para-hydroxylation sites is 2. The molecule has 0 saturated heterocycles. The maximum Gasteiger partial charge on any atom is 0.328 e. The highest BCUT2D eigenvalue weighted by atomic mass is 16.5. The van der Waals surface area contributed by atoms with Crippen molar-refractivity contribution in [1.82, 2.24) is 0 Å². The maximum absolute atomic E-state index is 10.4. The highest BCUT2D eigenvalue weighted by Gasteiger charge is 2.03. The summed E-state index contributed by atoms with van der Waals surface area (Å²) in [5.41, 5.74) is 0.642. The van der Waals surface area contributed by atoms with Crippen molar-refractivity contribution in [1.29, 1.82) is 0 Å². The second-order valence-electron chi connectivity index (χ2n) is 3.50. The molecule has 0 aliphatic carbocycles. The quantitative estimate of drug-likeness (QED) is 0.771. The van der Waals surface area contributed by atoms with Gasteiger partial charge in [-0.05, 0) is 31.6 Å². The van der Waals surface area contributed by atoms with Gasteiger partial charge in [0.25, 0.3) is 0 Å². The number of aliphatic carboxylic acids is 1.